The minimum Gasteiger partial charge on any atom is -0.391 e. The Hall–Kier alpha value is -0.540. The van der Waals surface area contributed by atoms with Crippen molar-refractivity contribution in [2.75, 3.05) is 18.5 Å². The van der Waals surface area contributed by atoms with E-state index in [0.717, 1.165) is 29.4 Å². The highest BCUT2D eigenvalue weighted by atomic mass is 79.9. The van der Waals surface area contributed by atoms with Gasteiger partial charge in [-0.2, -0.15) is 0 Å². The zero-order valence-corrected chi connectivity index (χ0v) is 11.6. The van der Waals surface area contributed by atoms with E-state index < -0.39 is 0 Å². The molecule has 16 heavy (non-hydrogen) atoms. The highest BCUT2D eigenvalue weighted by molar-refractivity contribution is 9.10. The number of unbranched alkanes of at least 4 members (excludes halogenated alkanes) is 1. The van der Waals surface area contributed by atoms with E-state index in [2.05, 4.69) is 33.8 Å². The van der Waals surface area contributed by atoms with Crippen LogP contribution in [0.4, 0.5) is 5.69 Å². The van der Waals surface area contributed by atoms with Crippen LogP contribution in [-0.2, 0) is 0 Å². The summed E-state index contributed by atoms with van der Waals surface area (Å²) in [6, 6.07) is 8.07. The second-order valence-corrected chi connectivity index (χ2v) is 4.98. The van der Waals surface area contributed by atoms with Crippen molar-refractivity contribution in [2.45, 2.75) is 32.3 Å². The molecule has 0 aliphatic heterocycles. The molecule has 2 nitrogen and oxygen atoms in total. The molecular weight excluding hydrogens is 266 g/mol. The Kier molecular flexibility index (Phi) is 5.85. The monoisotopic (exact) mass is 285 g/mol. The summed E-state index contributed by atoms with van der Waals surface area (Å²) in [5.74, 6) is 0. The lowest BCUT2D eigenvalue weighted by Gasteiger charge is -2.23. The van der Waals surface area contributed by atoms with Gasteiger partial charge in [0.25, 0.3) is 0 Å². The van der Waals surface area contributed by atoms with Crippen LogP contribution in [0.1, 0.15) is 26.2 Å². The van der Waals surface area contributed by atoms with Gasteiger partial charge in [-0.1, -0.05) is 31.9 Å². The summed E-state index contributed by atoms with van der Waals surface area (Å²) in [6.45, 7) is 2.83. The molecule has 0 aliphatic carbocycles. The maximum atomic E-state index is 9.85. The molecule has 1 N–H and O–H groups in total. The number of hydrogen-bond acceptors (Lipinski definition) is 2. The number of hydrogen-bond donors (Lipinski definition) is 1. The lowest BCUT2D eigenvalue weighted by Crippen LogP contribution is -2.29. The normalized spacial score (nSPS) is 12.5. The number of para-hydroxylation sites is 1. The summed E-state index contributed by atoms with van der Waals surface area (Å²) in [7, 11) is 2.01. The molecule has 0 bridgehead atoms. The molecule has 0 unspecified atom stereocenters. The number of halogens is 1. The maximum Gasteiger partial charge on any atom is 0.0714 e. The van der Waals surface area contributed by atoms with E-state index in [9.17, 15) is 5.11 Å². The topological polar surface area (TPSA) is 23.5 Å². The quantitative estimate of drug-likeness (QED) is 0.866. The van der Waals surface area contributed by atoms with Gasteiger partial charge in [0.1, 0.15) is 0 Å². The molecule has 0 fully saturated rings. The predicted octanol–water partition coefficient (Wildman–Crippen LogP) is 3.44. The highest BCUT2D eigenvalue weighted by Crippen LogP contribution is 2.24. The lowest BCUT2D eigenvalue weighted by molar-refractivity contribution is 0.168. The lowest BCUT2D eigenvalue weighted by atomic mass is 10.1. The van der Waals surface area contributed by atoms with Gasteiger partial charge in [0.2, 0.25) is 0 Å². The first-order chi connectivity index (χ1) is 7.65. The van der Waals surface area contributed by atoms with Crippen molar-refractivity contribution in [3.63, 3.8) is 0 Å². The summed E-state index contributed by atoms with van der Waals surface area (Å²) >= 11 is 3.52. The van der Waals surface area contributed by atoms with Crippen molar-refractivity contribution in [1.29, 1.82) is 0 Å². The summed E-state index contributed by atoms with van der Waals surface area (Å²) < 4.78 is 1.07. The van der Waals surface area contributed by atoms with E-state index in [-0.39, 0.29) is 6.10 Å². The molecule has 0 aliphatic rings. The number of aliphatic hydroxyl groups is 1. The number of likely N-dealkylation sites (N-methyl/N-ethyl adjacent to an activating group) is 1. The van der Waals surface area contributed by atoms with Crippen LogP contribution in [0.15, 0.2) is 28.7 Å². The first-order valence-electron chi connectivity index (χ1n) is 5.79. The molecule has 0 aromatic heterocycles. The van der Waals surface area contributed by atoms with Crippen LogP contribution in [0.5, 0.6) is 0 Å². The average Bonchev–Trinajstić information content (AvgIpc) is 2.26. The number of rotatable bonds is 6. The fourth-order valence-corrected chi connectivity index (χ4v) is 2.29. The van der Waals surface area contributed by atoms with Crippen LogP contribution in [0.2, 0.25) is 0 Å². The molecule has 1 rings (SSSR count). The molecule has 3 heteroatoms. The Morgan fingerprint density at radius 3 is 2.69 bits per heavy atom. The van der Waals surface area contributed by atoms with E-state index in [4.69, 9.17) is 0 Å². The van der Waals surface area contributed by atoms with Crippen LogP contribution in [-0.4, -0.2) is 24.8 Å². The molecule has 0 saturated carbocycles. The van der Waals surface area contributed by atoms with Crippen LogP contribution in [0, 0.1) is 0 Å². The molecule has 0 amide bonds. The smallest absolute Gasteiger partial charge is 0.0714 e. The summed E-state index contributed by atoms with van der Waals surface area (Å²) in [5.41, 5.74) is 1.12. The van der Waals surface area contributed by atoms with Gasteiger partial charge in [-0.3, -0.25) is 0 Å². The highest BCUT2D eigenvalue weighted by Gasteiger charge is 2.10. The van der Waals surface area contributed by atoms with Crippen LogP contribution in [0.3, 0.4) is 0 Å². The zero-order chi connectivity index (χ0) is 12.0. The van der Waals surface area contributed by atoms with Crippen molar-refractivity contribution >= 4 is 21.6 Å². The summed E-state index contributed by atoms with van der Waals surface area (Å²) in [4.78, 5) is 2.09. The molecule has 0 spiro atoms. The van der Waals surface area contributed by atoms with E-state index in [1.54, 1.807) is 0 Å². The SMILES string of the molecule is CCCC[C@H](O)CN(C)c1ccccc1Br. The number of anilines is 1. The molecule has 90 valence electrons. The van der Waals surface area contributed by atoms with Crippen molar-refractivity contribution in [2.24, 2.45) is 0 Å². The maximum absolute atomic E-state index is 9.85. The van der Waals surface area contributed by atoms with Crippen molar-refractivity contribution in [3.8, 4) is 0 Å². The van der Waals surface area contributed by atoms with Gasteiger partial charge < -0.3 is 10.0 Å². The first-order valence-corrected chi connectivity index (χ1v) is 6.58. The molecule has 0 radical (unpaired) electrons. The van der Waals surface area contributed by atoms with Crippen LogP contribution >= 0.6 is 15.9 Å². The third-order valence-electron chi connectivity index (χ3n) is 2.64. The standard InChI is InChI=1S/C13H20BrNO/c1-3-4-7-11(16)10-15(2)13-9-6-5-8-12(13)14/h5-6,8-9,11,16H,3-4,7,10H2,1-2H3/t11-/m0/s1. The Morgan fingerprint density at radius 2 is 2.06 bits per heavy atom. The van der Waals surface area contributed by atoms with Crippen molar-refractivity contribution < 1.29 is 5.11 Å². The van der Waals surface area contributed by atoms with Gasteiger partial charge in [0.15, 0.2) is 0 Å². The van der Waals surface area contributed by atoms with E-state index >= 15 is 0 Å². The van der Waals surface area contributed by atoms with Crippen molar-refractivity contribution in [3.05, 3.63) is 28.7 Å². The zero-order valence-electron chi connectivity index (χ0n) is 9.99. The van der Waals surface area contributed by atoms with Gasteiger partial charge in [-0.25, -0.2) is 0 Å². The molecule has 1 aromatic rings. The molecule has 1 aromatic carbocycles. The molecule has 0 heterocycles. The predicted molar refractivity (Wildman–Crippen MR) is 72.9 cm³/mol. The molecular formula is C13H20BrNO. The van der Waals surface area contributed by atoms with E-state index in [0.29, 0.717) is 6.54 Å². The fourth-order valence-electron chi connectivity index (χ4n) is 1.71. The first kappa shape index (κ1) is 13.5. The van der Waals surface area contributed by atoms with E-state index in [1.807, 2.05) is 25.2 Å². The second kappa shape index (κ2) is 6.92. The van der Waals surface area contributed by atoms with Crippen LogP contribution in [0.25, 0.3) is 0 Å². The summed E-state index contributed by atoms with van der Waals surface area (Å²) in [5, 5.41) is 9.85. The number of aliphatic hydroxyl groups excluding tert-OH is 1. The Labute approximate surface area is 106 Å². The number of nitrogens with zero attached hydrogens (tertiary/aromatic N) is 1. The Bertz CT molecular complexity index is 317. The van der Waals surface area contributed by atoms with E-state index in [1.165, 1.54) is 0 Å². The van der Waals surface area contributed by atoms with Crippen molar-refractivity contribution in [1.82, 2.24) is 0 Å². The van der Waals surface area contributed by atoms with Gasteiger partial charge in [-0.15, -0.1) is 0 Å². The Morgan fingerprint density at radius 1 is 1.38 bits per heavy atom. The average molecular weight is 286 g/mol. The third kappa shape index (κ3) is 4.14. The Balaban J connectivity index is 2.52. The fraction of sp³-hybridized carbons (Fsp3) is 0.538. The molecule has 0 saturated heterocycles. The minimum atomic E-state index is -0.239. The van der Waals surface area contributed by atoms with Gasteiger partial charge >= 0.3 is 0 Å². The van der Waals surface area contributed by atoms with Gasteiger partial charge in [0.05, 0.1) is 11.8 Å². The van der Waals surface area contributed by atoms with Crippen LogP contribution < -0.4 is 4.90 Å². The summed E-state index contributed by atoms with van der Waals surface area (Å²) in [6.07, 6.45) is 2.86. The largest absolute Gasteiger partial charge is 0.391 e. The minimum absolute atomic E-state index is 0.239. The van der Waals surface area contributed by atoms with Gasteiger partial charge in [0, 0.05) is 18.1 Å². The van der Waals surface area contributed by atoms with Gasteiger partial charge in [-0.05, 0) is 34.5 Å². The number of benzene rings is 1. The molecule has 1 atom stereocenters. The third-order valence-corrected chi connectivity index (χ3v) is 3.31. The second-order valence-electron chi connectivity index (χ2n) is 4.13.